The van der Waals surface area contributed by atoms with Gasteiger partial charge >= 0.3 is 0 Å². The first kappa shape index (κ1) is 28.9. The lowest BCUT2D eigenvalue weighted by atomic mass is 9.49. The maximum Gasteiger partial charge on any atom is 0.235 e. The standard InChI is InChI=1S/C33H37NO7/c1-14(2)10-18-11-17(7-6-16(18)5)20-8-9-23(35)26-21(20)12-19-13-22-24(15(3)4)28(36)27(32(34)40)31(39)33(22,41)30(38)25(19)29(26)37/h6-9,11,14-15,19,22,24-25,27,35,41H,10,12-13H2,1-5H3,(H2,34,40)/t19-,22-,24-,25?,27?,33-/m0/s1. The van der Waals surface area contributed by atoms with E-state index in [4.69, 9.17) is 5.73 Å². The molecule has 0 spiro atoms. The molecule has 2 unspecified atom stereocenters. The fourth-order valence-electron chi connectivity index (χ4n) is 7.62. The Morgan fingerprint density at radius 1 is 1.05 bits per heavy atom. The first-order chi connectivity index (χ1) is 19.2. The van der Waals surface area contributed by atoms with Crippen molar-refractivity contribution in [3.8, 4) is 16.9 Å². The molecule has 6 atom stereocenters. The molecule has 5 rings (SSSR count). The molecule has 0 saturated heterocycles. The van der Waals surface area contributed by atoms with Gasteiger partial charge in [-0.1, -0.05) is 52.0 Å². The van der Waals surface area contributed by atoms with E-state index in [0.717, 1.165) is 23.1 Å². The average Bonchev–Trinajstić information content (AvgIpc) is 2.87. The van der Waals surface area contributed by atoms with Crippen molar-refractivity contribution in [1.82, 2.24) is 0 Å². The van der Waals surface area contributed by atoms with Crippen LogP contribution in [0.3, 0.4) is 0 Å². The molecule has 3 aliphatic rings. The van der Waals surface area contributed by atoms with Crippen LogP contribution in [0, 0.1) is 48.3 Å². The number of amides is 1. The van der Waals surface area contributed by atoms with Crippen LogP contribution in [-0.2, 0) is 32.0 Å². The zero-order valence-corrected chi connectivity index (χ0v) is 24.1. The molecule has 4 N–H and O–H groups in total. The number of fused-ring (bicyclic) bond motifs is 3. The molecule has 41 heavy (non-hydrogen) atoms. The third kappa shape index (κ3) is 4.26. The number of phenols is 1. The maximum absolute atomic E-state index is 14.0. The maximum atomic E-state index is 14.0. The lowest BCUT2D eigenvalue weighted by Crippen LogP contribution is -2.71. The summed E-state index contributed by atoms with van der Waals surface area (Å²) in [4.78, 5) is 66.9. The van der Waals surface area contributed by atoms with Crippen molar-refractivity contribution in [2.75, 3.05) is 0 Å². The number of rotatable bonds is 5. The smallest absolute Gasteiger partial charge is 0.235 e. The summed E-state index contributed by atoms with van der Waals surface area (Å²) in [5.41, 5.74) is 7.32. The number of ketones is 4. The highest BCUT2D eigenvalue weighted by atomic mass is 16.3. The Bertz CT molecular complexity index is 1510. The number of nitrogens with two attached hydrogens (primary N) is 1. The molecule has 8 nitrogen and oxygen atoms in total. The summed E-state index contributed by atoms with van der Waals surface area (Å²) in [5, 5.41) is 22.6. The Hall–Kier alpha value is -3.65. The number of phenolic OH excluding ortho intramolecular Hbond substituents is 1. The first-order valence-corrected chi connectivity index (χ1v) is 14.3. The number of aryl methyl sites for hydroxylation is 1. The second kappa shape index (κ2) is 10.0. The molecular formula is C33H37NO7. The van der Waals surface area contributed by atoms with Crippen molar-refractivity contribution in [2.45, 2.75) is 59.5 Å². The summed E-state index contributed by atoms with van der Waals surface area (Å²) in [5.74, 6) is -11.0. The fourth-order valence-corrected chi connectivity index (χ4v) is 7.62. The Morgan fingerprint density at radius 3 is 2.34 bits per heavy atom. The molecule has 0 aromatic heterocycles. The summed E-state index contributed by atoms with van der Waals surface area (Å²) in [6, 6.07) is 9.31. The van der Waals surface area contributed by atoms with Gasteiger partial charge in [0.1, 0.15) is 5.75 Å². The quantitative estimate of drug-likeness (QED) is 0.475. The monoisotopic (exact) mass is 559 g/mol. The molecule has 2 aromatic carbocycles. The van der Waals surface area contributed by atoms with Gasteiger partial charge in [0.25, 0.3) is 0 Å². The minimum Gasteiger partial charge on any atom is -0.507 e. The Morgan fingerprint density at radius 2 is 1.73 bits per heavy atom. The SMILES string of the molecule is Cc1ccc(-c2ccc(O)c3c2C[C@H]2C[C@H]4[C@H](C(C)C)C(=O)C(C(N)=O)C(=O)[C@@]4(O)C(=O)C2C3=O)cc1CC(C)C. The van der Waals surface area contributed by atoms with Crippen LogP contribution in [0.1, 0.15) is 61.2 Å². The van der Waals surface area contributed by atoms with Gasteiger partial charge in [-0.15, -0.1) is 0 Å². The molecule has 0 heterocycles. The third-order valence-electron chi connectivity index (χ3n) is 9.48. The number of carbonyl (C=O) groups is 5. The zero-order valence-electron chi connectivity index (χ0n) is 24.1. The van der Waals surface area contributed by atoms with E-state index >= 15 is 0 Å². The fraction of sp³-hybridized carbons (Fsp3) is 0.485. The number of primary amides is 1. The largest absolute Gasteiger partial charge is 0.507 e. The van der Waals surface area contributed by atoms with Gasteiger partial charge in [-0.2, -0.15) is 0 Å². The highest BCUT2D eigenvalue weighted by molar-refractivity contribution is 6.32. The molecule has 2 saturated carbocycles. The Labute approximate surface area is 239 Å². The van der Waals surface area contributed by atoms with E-state index in [9.17, 15) is 34.2 Å². The second-order valence-corrected chi connectivity index (χ2v) is 12.9. The summed E-state index contributed by atoms with van der Waals surface area (Å²) in [6.45, 7) is 9.81. The normalized spacial score (nSPS) is 29.4. The van der Waals surface area contributed by atoms with E-state index in [2.05, 4.69) is 26.8 Å². The zero-order chi connectivity index (χ0) is 30.1. The number of hydrogen-bond donors (Lipinski definition) is 3. The van der Waals surface area contributed by atoms with Crippen molar-refractivity contribution in [2.24, 2.45) is 47.2 Å². The minimum atomic E-state index is -2.69. The number of aromatic hydroxyl groups is 1. The van der Waals surface area contributed by atoms with Gasteiger partial charge in [-0.25, -0.2) is 0 Å². The van der Waals surface area contributed by atoms with Crippen LogP contribution in [0.5, 0.6) is 5.75 Å². The van der Waals surface area contributed by atoms with E-state index in [1.54, 1.807) is 19.9 Å². The summed E-state index contributed by atoms with van der Waals surface area (Å²) < 4.78 is 0. The van der Waals surface area contributed by atoms with Gasteiger partial charge in [-0.05, 0) is 77.8 Å². The van der Waals surface area contributed by atoms with Crippen LogP contribution in [-0.4, -0.2) is 44.9 Å². The lowest BCUT2D eigenvalue weighted by Gasteiger charge is -2.52. The third-order valence-corrected chi connectivity index (χ3v) is 9.48. The number of aliphatic hydroxyl groups is 1. The van der Waals surface area contributed by atoms with Gasteiger partial charge in [0.2, 0.25) is 5.91 Å². The highest BCUT2D eigenvalue weighted by Gasteiger charge is 2.69. The van der Waals surface area contributed by atoms with Gasteiger partial charge in [-0.3, -0.25) is 24.0 Å². The molecule has 0 aliphatic heterocycles. The van der Waals surface area contributed by atoms with Gasteiger partial charge < -0.3 is 15.9 Å². The molecule has 2 fully saturated rings. The highest BCUT2D eigenvalue weighted by Crippen LogP contribution is 2.53. The van der Waals surface area contributed by atoms with Crippen molar-refractivity contribution in [3.05, 3.63) is 52.6 Å². The van der Waals surface area contributed by atoms with Crippen LogP contribution in [0.15, 0.2) is 30.3 Å². The van der Waals surface area contributed by atoms with Crippen molar-refractivity contribution < 1.29 is 34.2 Å². The van der Waals surface area contributed by atoms with Crippen LogP contribution in [0.25, 0.3) is 11.1 Å². The van der Waals surface area contributed by atoms with E-state index in [-0.39, 0.29) is 24.2 Å². The van der Waals surface area contributed by atoms with E-state index in [1.165, 1.54) is 11.6 Å². The van der Waals surface area contributed by atoms with Gasteiger partial charge in [0.05, 0.1) is 11.5 Å². The predicted octanol–water partition coefficient (Wildman–Crippen LogP) is 3.38. The predicted molar refractivity (Wildman–Crippen MR) is 151 cm³/mol. The molecule has 1 amide bonds. The summed E-state index contributed by atoms with van der Waals surface area (Å²) in [6.07, 6.45) is 1.18. The number of hydrogen-bond acceptors (Lipinski definition) is 7. The molecule has 8 heteroatoms. The molecule has 216 valence electrons. The Kier molecular flexibility index (Phi) is 7.05. The summed E-state index contributed by atoms with van der Waals surface area (Å²) >= 11 is 0. The first-order valence-electron chi connectivity index (χ1n) is 14.3. The number of benzene rings is 2. The number of carbonyl (C=O) groups excluding carboxylic acids is 5. The Balaban J connectivity index is 1.64. The van der Waals surface area contributed by atoms with Crippen LogP contribution in [0.2, 0.25) is 0 Å². The topological polar surface area (TPSA) is 152 Å². The average molecular weight is 560 g/mol. The molecule has 2 aromatic rings. The minimum absolute atomic E-state index is 0.0105. The van der Waals surface area contributed by atoms with Crippen molar-refractivity contribution in [1.29, 1.82) is 0 Å². The van der Waals surface area contributed by atoms with E-state index in [0.29, 0.717) is 11.5 Å². The molecule has 3 aliphatic carbocycles. The molecule has 0 radical (unpaired) electrons. The molecule has 0 bridgehead atoms. The van der Waals surface area contributed by atoms with Gasteiger partial charge in [0, 0.05) is 11.8 Å². The second-order valence-electron chi connectivity index (χ2n) is 12.9. The van der Waals surface area contributed by atoms with Gasteiger partial charge in [0.15, 0.2) is 34.7 Å². The van der Waals surface area contributed by atoms with E-state index in [1.807, 2.05) is 12.1 Å². The van der Waals surface area contributed by atoms with Crippen molar-refractivity contribution >= 4 is 29.0 Å². The molecular weight excluding hydrogens is 522 g/mol. The lowest BCUT2D eigenvalue weighted by molar-refractivity contribution is -0.182. The van der Waals surface area contributed by atoms with Crippen molar-refractivity contribution in [3.63, 3.8) is 0 Å². The van der Waals surface area contributed by atoms with E-state index < -0.39 is 70.1 Å². The van der Waals surface area contributed by atoms with Crippen LogP contribution >= 0.6 is 0 Å². The van der Waals surface area contributed by atoms with Crippen LogP contribution < -0.4 is 5.73 Å². The summed E-state index contributed by atoms with van der Waals surface area (Å²) in [7, 11) is 0. The van der Waals surface area contributed by atoms with Crippen LogP contribution in [0.4, 0.5) is 0 Å². The number of Topliss-reactive ketones (excluding diaryl/α,β-unsaturated/α-hetero) is 4.